The van der Waals surface area contributed by atoms with Crippen molar-refractivity contribution in [1.82, 2.24) is 35.0 Å². The predicted octanol–water partition coefficient (Wildman–Crippen LogP) is 4.49. The van der Waals surface area contributed by atoms with Crippen molar-refractivity contribution in [2.24, 2.45) is 0 Å². The molecule has 9 nitrogen and oxygen atoms in total. The van der Waals surface area contributed by atoms with Crippen LogP contribution in [0.3, 0.4) is 0 Å². The molecule has 0 saturated heterocycles. The minimum atomic E-state index is -0.387. The van der Waals surface area contributed by atoms with Gasteiger partial charge in [0, 0.05) is 24.4 Å². The average molecular weight is 510 g/mol. The van der Waals surface area contributed by atoms with Crippen LogP contribution in [-0.4, -0.2) is 48.3 Å². The van der Waals surface area contributed by atoms with Crippen molar-refractivity contribution < 1.29 is 13.9 Å². The molecule has 1 saturated carbocycles. The summed E-state index contributed by atoms with van der Waals surface area (Å²) in [5, 5.41) is 11.9. The fraction of sp³-hybridized carbons (Fsp3) is 0.214. The number of halogens is 1. The lowest BCUT2D eigenvalue weighted by molar-refractivity contribution is 0.0908. The highest BCUT2D eigenvalue weighted by Crippen LogP contribution is 2.39. The molecule has 2 aromatic carbocycles. The molecule has 6 rings (SSSR count). The number of nitrogens with one attached hydrogen (secondary N) is 1. The van der Waals surface area contributed by atoms with E-state index in [1.54, 1.807) is 65.6 Å². The second-order valence-electron chi connectivity index (χ2n) is 9.05. The zero-order valence-corrected chi connectivity index (χ0v) is 20.6. The van der Waals surface area contributed by atoms with Crippen molar-refractivity contribution in [1.29, 1.82) is 0 Å². The number of aromatic nitrogens is 6. The van der Waals surface area contributed by atoms with Gasteiger partial charge in [0.1, 0.15) is 28.6 Å². The number of para-hydroxylation sites is 2. The van der Waals surface area contributed by atoms with Crippen LogP contribution in [0.5, 0.6) is 5.75 Å². The van der Waals surface area contributed by atoms with E-state index in [1.807, 2.05) is 13.0 Å². The number of pyridine rings is 1. The summed E-state index contributed by atoms with van der Waals surface area (Å²) in [4.78, 5) is 26.1. The number of carbonyl (C=O) groups is 1. The Bertz CT molecular complexity index is 1610. The summed E-state index contributed by atoms with van der Waals surface area (Å²) in [6.45, 7) is 2.43. The van der Waals surface area contributed by atoms with E-state index in [4.69, 9.17) is 4.74 Å². The van der Waals surface area contributed by atoms with Gasteiger partial charge in [0.05, 0.1) is 29.6 Å². The van der Waals surface area contributed by atoms with Gasteiger partial charge >= 0.3 is 0 Å². The molecule has 190 valence electrons. The number of rotatable bonds is 7. The molecule has 3 aromatic heterocycles. The standard InChI is InChI=1S/C28H24FN7O2/c1-2-38-19-10-11-23(32-16-19)27-35-34-26(36(27)24-9-4-3-7-21(24)29)17-14-18(15-17)33-28(37)20-6-5-8-22-25(20)31-13-12-30-22/h3-13,16-18H,2,14-15H2,1H3,(H,33,37)/t17-,18-. The van der Waals surface area contributed by atoms with Crippen molar-refractivity contribution in [3.05, 3.63) is 90.4 Å². The largest absolute Gasteiger partial charge is 0.492 e. The van der Waals surface area contributed by atoms with E-state index in [-0.39, 0.29) is 23.7 Å². The lowest BCUT2D eigenvalue weighted by atomic mass is 9.79. The van der Waals surface area contributed by atoms with Gasteiger partial charge in [0.2, 0.25) is 0 Å². The molecule has 38 heavy (non-hydrogen) atoms. The Labute approximate surface area is 217 Å². The number of amides is 1. The van der Waals surface area contributed by atoms with E-state index in [0.29, 0.717) is 64.8 Å². The Balaban J connectivity index is 1.25. The Hall–Kier alpha value is -4.73. The van der Waals surface area contributed by atoms with Crippen molar-refractivity contribution in [2.75, 3.05) is 6.61 Å². The molecule has 0 radical (unpaired) electrons. The molecular formula is C28H24FN7O2. The second-order valence-corrected chi connectivity index (χ2v) is 9.05. The smallest absolute Gasteiger partial charge is 0.253 e. The summed E-state index contributed by atoms with van der Waals surface area (Å²) in [7, 11) is 0. The predicted molar refractivity (Wildman–Crippen MR) is 138 cm³/mol. The summed E-state index contributed by atoms with van der Waals surface area (Å²) in [5.41, 5.74) is 2.62. The number of ether oxygens (including phenoxy) is 1. The molecule has 0 unspecified atom stereocenters. The highest BCUT2D eigenvalue weighted by atomic mass is 19.1. The van der Waals surface area contributed by atoms with Crippen LogP contribution in [0.2, 0.25) is 0 Å². The van der Waals surface area contributed by atoms with Crippen molar-refractivity contribution >= 4 is 16.9 Å². The monoisotopic (exact) mass is 509 g/mol. The molecule has 0 atom stereocenters. The van der Waals surface area contributed by atoms with E-state index < -0.39 is 0 Å². The van der Waals surface area contributed by atoms with E-state index in [0.717, 1.165) is 0 Å². The van der Waals surface area contributed by atoms with E-state index in [9.17, 15) is 9.18 Å². The van der Waals surface area contributed by atoms with Gasteiger partial charge in [-0.2, -0.15) is 0 Å². The second kappa shape index (κ2) is 9.97. The maximum absolute atomic E-state index is 15.0. The van der Waals surface area contributed by atoms with Crippen LogP contribution < -0.4 is 10.1 Å². The lowest BCUT2D eigenvalue weighted by Crippen LogP contribution is -2.44. The fourth-order valence-corrected chi connectivity index (χ4v) is 4.75. The number of fused-ring (bicyclic) bond motifs is 1. The van der Waals surface area contributed by atoms with Crippen LogP contribution in [0.4, 0.5) is 4.39 Å². The Kier molecular flexibility index (Phi) is 6.20. The van der Waals surface area contributed by atoms with Gasteiger partial charge in [-0.25, -0.2) is 9.37 Å². The van der Waals surface area contributed by atoms with Crippen molar-refractivity contribution in [2.45, 2.75) is 31.7 Å². The van der Waals surface area contributed by atoms with E-state index in [1.165, 1.54) is 6.07 Å². The normalized spacial score (nSPS) is 16.7. The van der Waals surface area contributed by atoms with Gasteiger partial charge in [0.15, 0.2) is 5.82 Å². The Morgan fingerprint density at radius 1 is 1.03 bits per heavy atom. The Morgan fingerprint density at radius 3 is 2.66 bits per heavy atom. The number of benzene rings is 2. The summed E-state index contributed by atoms with van der Waals surface area (Å²) >= 11 is 0. The number of hydrogen-bond acceptors (Lipinski definition) is 7. The molecule has 1 N–H and O–H groups in total. The topological polar surface area (TPSA) is 108 Å². The third-order valence-electron chi connectivity index (χ3n) is 6.64. The molecule has 1 aliphatic rings. The SMILES string of the molecule is CCOc1ccc(-c2nnc([C@H]3C[C@H](NC(=O)c4cccc5nccnc45)C3)n2-c2ccccc2F)nc1. The summed E-state index contributed by atoms with van der Waals surface area (Å²) in [6, 6.07) is 15.4. The van der Waals surface area contributed by atoms with Gasteiger partial charge in [0.25, 0.3) is 5.91 Å². The summed E-state index contributed by atoms with van der Waals surface area (Å²) in [5.74, 6) is 1.10. The highest BCUT2D eigenvalue weighted by molar-refractivity contribution is 6.04. The maximum Gasteiger partial charge on any atom is 0.253 e. The van der Waals surface area contributed by atoms with Crippen LogP contribution in [0, 0.1) is 5.82 Å². The van der Waals surface area contributed by atoms with Gasteiger partial charge in [-0.15, -0.1) is 10.2 Å². The Morgan fingerprint density at radius 2 is 1.87 bits per heavy atom. The minimum Gasteiger partial charge on any atom is -0.492 e. The molecule has 0 aliphatic heterocycles. The fourth-order valence-electron chi connectivity index (χ4n) is 4.75. The first-order valence-electron chi connectivity index (χ1n) is 12.4. The maximum atomic E-state index is 15.0. The van der Waals surface area contributed by atoms with Crippen molar-refractivity contribution in [3.8, 4) is 23.0 Å². The quantitative estimate of drug-likeness (QED) is 0.345. The van der Waals surface area contributed by atoms with Crippen molar-refractivity contribution in [3.63, 3.8) is 0 Å². The number of carbonyl (C=O) groups excluding carboxylic acids is 1. The van der Waals surface area contributed by atoms with Crippen LogP contribution in [0.1, 0.15) is 41.9 Å². The van der Waals surface area contributed by atoms with E-state index >= 15 is 0 Å². The number of hydrogen-bond donors (Lipinski definition) is 1. The molecule has 3 heterocycles. The first kappa shape index (κ1) is 23.7. The molecule has 1 aliphatic carbocycles. The first-order valence-corrected chi connectivity index (χ1v) is 12.4. The summed E-state index contributed by atoms with van der Waals surface area (Å²) < 4.78 is 22.2. The number of nitrogens with zero attached hydrogens (tertiary/aromatic N) is 6. The molecule has 0 spiro atoms. The molecule has 1 amide bonds. The lowest BCUT2D eigenvalue weighted by Gasteiger charge is -2.35. The first-order chi connectivity index (χ1) is 18.6. The third-order valence-corrected chi connectivity index (χ3v) is 6.64. The van der Waals surface area contributed by atoms with Gasteiger partial charge in [-0.05, 0) is 56.2 Å². The molecule has 1 fully saturated rings. The molecule has 5 aromatic rings. The molecular weight excluding hydrogens is 485 g/mol. The minimum absolute atomic E-state index is 0.0174. The van der Waals surface area contributed by atoms with Crippen LogP contribution in [0.15, 0.2) is 73.2 Å². The summed E-state index contributed by atoms with van der Waals surface area (Å²) in [6.07, 6.45) is 6.08. The zero-order chi connectivity index (χ0) is 26.1. The third kappa shape index (κ3) is 4.34. The highest BCUT2D eigenvalue weighted by Gasteiger charge is 2.36. The van der Waals surface area contributed by atoms with Gasteiger partial charge in [-0.3, -0.25) is 19.3 Å². The van der Waals surface area contributed by atoms with Gasteiger partial charge < -0.3 is 10.1 Å². The van der Waals surface area contributed by atoms with Gasteiger partial charge in [-0.1, -0.05) is 18.2 Å². The zero-order valence-electron chi connectivity index (χ0n) is 20.6. The van der Waals surface area contributed by atoms with Crippen LogP contribution in [0.25, 0.3) is 28.2 Å². The van der Waals surface area contributed by atoms with Crippen LogP contribution >= 0.6 is 0 Å². The molecule has 10 heteroatoms. The molecule has 0 bridgehead atoms. The van der Waals surface area contributed by atoms with Crippen LogP contribution in [-0.2, 0) is 0 Å². The van der Waals surface area contributed by atoms with E-state index in [2.05, 4.69) is 30.5 Å². The average Bonchev–Trinajstić information content (AvgIpc) is 3.35.